The van der Waals surface area contributed by atoms with Crippen molar-refractivity contribution in [2.45, 2.75) is 20.8 Å². The maximum Gasteiger partial charge on any atom is 0.274 e. The first-order valence-corrected chi connectivity index (χ1v) is 7.47. The molecule has 1 aromatic heterocycles. The Morgan fingerprint density at radius 1 is 1.27 bits per heavy atom. The first kappa shape index (κ1) is 16.2. The highest BCUT2D eigenvalue weighted by atomic mass is 35.5. The second-order valence-corrected chi connectivity index (χ2v) is 5.91. The SMILES string of the molecule is Cc1ccc(Cl)cc1NC(=O)c1cc(NCC(C)C)ncn1. The normalized spacial score (nSPS) is 10.6. The number of aryl methyl sites for hydroxylation is 1. The monoisotopic (exact) mass is 318 g/mol. The van der Waals surface area contributed by atoms with Crippen LogP contribution >= 0.6 is 11.6 Å². The van der Waals surface area contributed by atoms with Crippen LogP contribution in [0.25, 0.3) is 0 Å². The summed E-state index contributed by atoms with van der Waals surface area (Å²) >= 11 is 5.96. The fraction of sp³-hybridized carbons (Fsp3) is 0.312. The number of rotatable bonds is 5. The molecule has 0 atom stereocenters. The van der Waals surface area contributed by atoms with Crippen molar-refractivity contribution < 1.29 is 4.79 Å². The fourth-order valence-corrected chi connectivity index (χ4v) is 1.97. The lowest BCUT2D eigenvalue weighted by atomic mass is 10.2. The third kappa shape index (κ3) is 4.43. The molecule has 0 aliphatic carbocycles. The second-order valence-electron chi connectivity index (χ2n) is 5.48. The number of carbonyl (C=O) groups is 1. The van der Waals surface area contributed by atoms with Crippen LogP contribution in [0.5, 0.6) is 0 Å². The molecule has 0 aliphatic rings. The van der Waals surface area contributed by atoms with E-state index < -0.39 is 0 Å². The van der Waals surface area contributed by atoms with E-state index in [1.54, 1.807) is 18.2 Å². The van der Waals surface area contributed by atoms with E-state index in [2.05, 4.69) is 34.4 Å². The third-order valence-electron chi connectivity index (χ3n) is 3.04. The Labute approximate surface area is 135 Å². The molecule has 1 amide bonds. The van der Waals surface area contributed by atoms with Gasteiger partial charge in [0, 0.05) is 23.3 Å². The topological polar surface area (TPSA) is 66.9 Å². The van der Waals surface area contributed by atoms with Gasteiger partial charge >= 0.3 is 0 Å². The lowest BCUT2D eigenvalue weighted by Crippen LogP contribution is -2.16. The van der Waals surface area contributed by atoms with E-state index in [9.17, 15) is 4.79 Å². The molecule has 0 bridgehead atoms. The largest absolute Gasteiger partial charge is 0.370 e. The molecule has 0 radical (unpaired) electrons. The van der Waals surface area contributed by atoms with Crippen LogP contribution in [-0.4, -0.2) is 22.4 Å². The molecule has 5 nitrogen and oxygen atoms in total. The molecule has 0 fully saturated rings. The molecular weight excluding hydrogens is 300 g/mol. The highest BCUT2D eigenvalue weighted by Gasteiger charge is 2.11. The van der Waals surface area contributed by atoms with Crippen LogP contribution in [0.2, 0.25) is 5.02 Å². The van der Waals surface area contributed by atoms with Gasteiger partial charge in [-0.1, -0.05) is 31.5 Å². The van der Waals surface area contributed by atoms with Crippen LogP contribution < -0.4 is 10.6 Å². The number of halogens is 1. The molecule has 2 N–H and O–H groups in total. The third-order valence-corrected chi connectivity index (χ3v) is 3.27. The summed E-state index contributed by atoms with van der Waals surface area (Å²) in [4.78, 5) is 20.4. The van der Waals surface area contributed by atoms with E-state index in [-0.39, 0.29) is 5.91 Å². The van der Waals surface area contributed by atoms with E-state index in [4.69, 9.17) is 11.6 Å². The number of carbonyl (C=O) groups excluding carboxylic acids is 1. The van der Waals surface area contributed by atoms with Crippen LogP contribution in [0, 0.1) is 12.8 Å². The van der Waals surface area contributed by atoms with Crippen LogP contribution in [0.1, 0.15) is 29.9 Å². The standard InChI is InChI=1S/C16H19ClN4O/c1-10(2)8-18-15-7-14(19-9-20-15)16(22)21-13-6-12(17)5-4-11(13)3/h4-7,9-10H,8H2,1-3H3,(H,21,22)(H,18,19,20). The van der Waals surface area contributed by atoms with Gasteiger partial charge in [-0.15, -0.1) is 0 Å². The number of hydrogen-bond donors (Lipinski definition) is 2. The average molecular weight is 319 g/mol. The van der Waals surface area contributed by atoms with Crippen molar-refractivity contribution in [3.63, 3.8) is 0 Å². The minimum absolute atomic E-state index is 0.291. The minimum Gasteiger partial charge on any atom is -0.370 e. The van der Waals surface area contributed by atoms with Crippen LogP contribution in [0.3, 0.4) is 0 Å². The molecule has 1 heterocycles. The van der Waals surface area contributed by atoms with Crippen molar-refractivity contribution in [1.29, 1.82) is 0 Å². The summed E-state index contributed by atoms with van der Waals surface area (Å²) in [6.07, 6.45) is 1.38. The summed E-state index contributed by atoms with van der Waals surface area (Å²) < 4.78 is 0. The number of amides is 1. The Kier molecular flexibility index (Phi) is 5.33. The fourth-order valence-electron chi connectivity index (χ4n) is 1.80. The van der Waals surface area contributed by atoms with Gasteiger partial charge < -0.3 is 10.6 Å². The number of aromatic nitrogens is 2. The molecule has 22 heavy (non-hydrogen) atoms. The Bertz CT molecular complexity index is 673. The summed E-state index contributed by atoms with van der Waals surface area (Å²) in [5.41, 5.74) is 1.92. The Morgan fingerprint density at radius 2 is 2.05 bits per heavy atom. The predicted molar refractivity (Wildman–Crippen MR) is 89.5 cm³/mol. The quantitative estimate of drug-likeness (QED) is 0.881. The summed E-state index contributed by atoms with van der Waals surface area (Å²) in [5.74, 6) is 0.832. The van der Waals surface area contributed by atoms with Crippen molar-refractivity contribution in [2.24, 2.45) is 5.92 Å². The summed E-state index contributed by atoms with van der Waals surface area (Å²) in [6.45, 7) is 6.89. The van der Waals surface area contributed by atoms with Gasteiger partial charge in [0.1, 0.15) is 17.8 Å². The molecule has 0 spiro atoms. The van der Waals surface area contributed by atoms with Gasteiger partial charge in [0.2, 0.25) is 0 Å². The van der Waals surface area contributed by atoms with E-state index in [0.29, 0.717) is 28.1 Å². The number of benzene rings is 1. The zero-order chi connectivity index (χ0) is 16.1. The Balaban J connectivity index is 2.12. The van der Waals surface area contributed by atoms with Gasteiger partial charge in [-0.25, -0.2) is 9.97 Å². The van der Waals surface area contributed by atoms with Crippen molar-refractivity contribution in [1.82, 2.24) is 9.97 Å². The smallest absolute Gasteiger partial charge is 0.274 e. The zero-order valence-electron chi connectivity index (χ0n) is 12.9. The Hall–Kier alpha value is -2.14. The van der Waals surface area contributed by atoms with E-state index >= 15 is 0 Å². The summed E-state index contributed by atoms with van der Waals surface area (Å²) in [6, 6.07) is 6.99. The highest BCUT2D eigenvalue weighted by molar-refractivity contribution is 6.31. The van der Waals surface area contributed by atoms with Gasteiger partial charge in [0.25, 0.3) is 5.91 Å². The van der Waals surface area contributed by atoms with Gasteiger partial charge in [-0.2, -0.15) is 0 Å². The lowest BCUT2D eigenvalue weighted by molar-refractivity contribution is 0.102. The highest BCUT2D eigenvalue weighted by Crippen LogP contribution is 2.20. The first-order valence-electron chi connectivity index (χ1n) is 7.09. The van der Waals surface area contributed by atoms with Gasteiger partial charge in [0.05, 0.1) is 0 Å². The van der Waals surface area contributed by atoms with E-state index in [1.807, 2.05) is 13.0 Å². The average Bonchev–Trinajstić information content (AvgIpc) is 2.49. The second kappa shape index (κ2) is 7.22. The lowest BCUT2D eigenvalue weighted by Gasteiger charge is -2.10. The summed E-state index contributed by atoms with van der Waals surface area (Å²) in [5, 5.41) is 6.56. The van der Waals surface area contributed by atoms with Crippen LogP contribution in [0.15, 0.2) is 30.6 Å². The number of nitrogens with zero attached hydrogens (tertiary/aromatic N) is 2. The molecule has 0 saturated heterocycles. The van der Waals surface area contributed by atoms with E-state index in [1.165, 1.54) is 6.33 Å². The maximum absolute atomic E-state index is 12.3. The zero-order valence-corrected chi connectivity index (χ0v) is 13.6. The Morgan fingerprint density at radius 3 is 2.77 bits per heavy atom. The first-order chi connectivity index (χ1) is 10.5. The molecule has 0 saturated carbocycles. The van der Waals surface area contributed by atoms with E-state index in [0.717, 1.165) is 12.1 Å². The molecule has 0 unspecified atom stereocenters. The predicted octanol–water partition coefficient (Wildman–Crippen LogP) is 3.76. The van der Waals surface area contributed by atoms with Gasteiger partial charge in [0.15, 0.2) is 0 Å². The number of anilines is 2. The maximum atomic E-state index is 12.3. The van der Waals surface area contributed by atoms with Crippen molar-refractivity contribution >= 4 is 29.0 Å². The molecule has 2 rings (SSSR count). The minimum atomic E-state index is -0.291. The molecule has 0 aliphatic heterocycles. The molecule has 2 aromatic rings. The van der Waals surface area contributed by atoms with Crippen molar-refractivity contribution in [2.75, 3.05) is 17.2 Å². The number of hydrogen-bond acceptors (Lipinski definition) is 4. The molecular formula is C16H19ClN4O. The van der Waals surface area contributed by atoms with Crippen LogP contribution in [0.4, 0.5) is 11.5 Å². The van der Waals surface area contributed by atoms with Crippen LogP contribution in [-0.2, 0) is 0 Å². The molecule has 116 valence electrons. The number of nitrogens with one attached hydrogen (secondary N) is 2. The summed E-state index contributed by atoms with van der Waals surface area (Å²) in [7, 11) is 0. The molecule has 1 aromatic carbocycles. The van der Waals surface area contributed by atoms with Crippen molar-refractivity contribution in [3.8, 4) is 0 Å². The van der Waals surface area contributed by atoms with Gasteiger partial charge in [-0.3, -0.25) is 4.79 Å². The van der Waals surface area contributed by atoms with Crippen molar-refractivity contribution in [3.05, 3.63) is 46.9 Å². The molecule has 6 heteroatoms. The van der Waals surface area contributed by atoms with Gasteiger partial charge in [-0.05, 0) is 30.5 Å².